The number of para-hydroxylation sites is 1. The summed E-state index contributed by atoms with van der Waals surface area (Å²) < 4.78 is 5.30. The van der Waals surface area contributed by atoms with Gasteiger partial charge in [-0.15, -0.1) is 0 Å². The number of nitrogens with one attached hydrogen (secondary N) is 1. The molecule has 4 rings (SSSR count). The number of pyridine rings is 1. The van der Waals surface area contributed by atoms with Crippen LogP contribution in [0, 0.1) is 0 Å². The first-order valence-corrected chi connectivity index (χ1v) is 9.92. The van der Waals surface area contributed by atoms with Gasteiger partial charge < -0.3 is 10.1 Å². The summed E-state index contributed by atoms with van der Waals surface area (Å²) in [4.78, 5) is 29.2. The normalized spacial score (nSPS) is 11.9. The van der Waals surface area contributed by atoms with Gasteiger partial charge in [0.1, 0.15) is 0 Å². The van der Waals surface area contributed by atoms with Crippen LogP contribution in [0.4, 0.5) is 5.69 Å². The van der Waals surface area contributed by atoms with Crippen LogP contribution in [-0.4, -0.2) is 23.0 Å². The minimum Gasteiger partial charge on any atom is -0.453 e. The predicted octanol–water partition coefficient (Wildman–Crippen LogP) is 4.89. The van der Waals surface area contributed by atoms with Gasteiger partial charge in [-0.2, -0.15) is 0 Å². The maximum Gasteiger partial charge on any atom is 0.306 e. The lowest BCUT2D eigenvalue weighted by Crippen LogP contribution is -2.30. The van der Waals surface area contributed by atoms with Crippen molar-refractivity contribution in [2.24, 2.45) is 0 Å². The molecule has 0 aliphatic rings. The molecule has 1 heterocycles. The van der Waals surface area contributed by atoms with Gasteiger partial charge in [0.25, 0.3) is 5.91 Å². The fourth-order valence-electron chi connectivity index (χ4n) is 3.30. The average Bonchev–Trinajstić information content (AvgIpc) is 2.77. The predicted molar refractivity (Wildman–Crippen MR) is 118 cm³/mol. The van der Waals surface area contributed by atoms with Crippen LogP contribution in [0.15, 0.2) is 78.9 Å². The van der Waals surface area contributed by atoms with Crippen LogP contribution in [0.1, 0.15) is 19.0 Å². The second kappa shape index (κ2) is 8.74. The van der Waals surface area contributed by atoms with Crippen molar-refractivity contribution >= 4 is 39.2 Å². The van der Waals surface area contributed by atoms with E-state index in [9.17, 15) is 9.59 Å². The Labute approximate surface area is 174 Å². The lowest BCUT2D eigenvalue weighted by molar-refractivity contribution is -0.153. The van der Waals surface area contributed by atoms with Crippen molar-refractivity contribution in [3.05, 3.63) is 84.6 Å². The lowest BCUT2D eigenvalue weighted by atomic mass is 10.1. The molecule has 1 atom stereocenters. The molecule has 0 aliphatic heterocycles. The van der Waals surface area contributed by atoms with Gasteiger partial charge >= 0.3 is 5.97 Å². The minimum absolute atomic E-state index is 0.166. The first-order valence-electron chi connectivity index (χ1n) is 9.92. The van der Waals surface area contributed by atoms with Gasteiger partial charge in [-0.1, -0.05) is 54.6 Å². The summed E-state index contributed by atoms with van der Waals surface area (Å²) in [5.74, 6) is -0.784. The van der Waals surface area contributed by atoms with E-state index in [0.717, 1.165) is 27.4 Å². The highest BCUT2D eigenvalue weighted by Crippen LogP contribution is 2.19. The SMILES string of the molecule is CC(OC(=O)CCc1ccc2ccccc2n1)C(=O)Nc1ccc2ccccc2c1. The number of carbonyl (C=O) groups excluding carboxylic acids is 2. The number of hydrogen-bond donors (Lipinski definition) is 1. The van der Waals surface area contributed by atoms with E-state index in [1.165, 1.54) is 0 Å². The summed E-state index contributed by atoms with van der Waals surface area (Å²) in [6.45, 7) is 1.57. The number of aryl methyl sites for hydroxylation is 1. The van der Waals surface area contributed by atoms with Gasteiger partial charge in [-0.05, 0) is 42.0 Å². The monoisotopic (exact) mass is 398 g/mol. The fourth-order valence-corrected chi connectivity index (χ4v) is 3.30. The van der Waals surface area contributed by atoms with E-state index in [4.69, 9.17) is 4.74 Å². The highest BCUT2D eigenvalue weighted by atomic mass is 16.5. The highest BCUT2D eigenvalue weighted by molar-refractivity contribution is 5.97. The third-order valence-corrected chi connectivity index (χ3v) is 4.94. The molecule has 1 aromatic heterocycles. The third-order valence-electron chi connectivity index (χ3n) is 4.94. The molecule has 150 valence electrons. The van der Waals surface area contributed by atoms with E-state index in [2.05, 4.69) is 10.3 Å². The largest absolute Gasteiger partial charge is 0.453 e. The first-order chi connectivity index (χ1) is 14.6. The lowest BCUT2D eigenvalue weighted by Gasteiger charge is -2.14. The number of amides is 1. The van der Waals surface area contributed by atoms with Gasteiger partial charge in [0.15, 0.2) is 6.10 Å². The number of anilines is 1. The minimum atomic E-state index is -0.881. The van der Waals surface area contributed by atoms with Gasteiger partial charge in [-0.3, -0.25) is 14.6 Å². The molecule has 0 spiro atoms. The smallest absolute Gasteiger partial charge is 0.306 e. The van der Waals surface area contributed by atoms with Crippen molar-refractivity contribution in [2.75, 3.05) is 5.32 Å². The summed E-state index contributed by atoms with van der Waals surface area (Å²) in [5, 5.41) is 5.99. The molecule has 0 radical (unpaired) electrons. The van der Waals surface area contributed by atoms with Crippen LogP contribution in [0.3, 0.4) is 0 Å². The first kappa shape index (κ1) is 19.6. The topological polar surface area (TPSA) is 68.3 Å². The Kier molecular flexibility index (Phi) is 5.70. The molecule has 0 saturated carbocycles. The van der Waals surface area contributed by atoms with E-state index in [1.54, 1.807) is 6.92 Å². The number of fused-ring (bicyclic) bond motifs is 2. The number of nitrogens with zero attached hydrogens (tertiary/aromatic N) is 1. The summed E-state index contributed by atoms with van der Waals surface area (Å²) in [5.41, 5.74) is 2.38. The molecular weight excluding hydrogens is 376 g/mol. The molecule has 3 aromatic carbocycles. The van der Waals surface area contributed by atoms with Gasteiger partial charge in [0.05, 0.1) is 11.9 Å². The van der Waals surface area contributed by atoms with E-state index >= 15 is 0 Å². The van der Waals surface area contributed by atoms with E-state index < -0.39 is 12.1 Å². The zero-order valence-electron chi connectivity index (χ0n) is 16.7. The van der Waals surface area contributed by atoms with Gasteiger partial charge in [0, 0.05) is 23.2 Å². The van der Waals surface area contributed by atoms with Crippen LogP contribution in [0.2, 0.25) is 0 Å². The molecule has 0 aliphatic carbocycles. The van der Waals surface area contributed by atoms with Gasteiger partial charge in [-0.25, -0.2) is 0 Å². The quantitative estimate of drug-likeness (QED) is 0.470. The number of benzene rings is 3. The molecule has 5 heteroatoms. The average molecular weight is 398 g/mol. The Balaban J connectivity index is 1.31. The number of hydrogen-bond acceptors (Lipinski definition) is 4. The second-order valence-electron chi connectivity index (χ2n) is 7.18. The number of ether oxygens (including phenoxy) is 1. The van der Waals surface area contributed by atoms with Crippen LogP contribution in [0.25, 0.3) is 21.7 Å². The Morgan fingerprint density at radius 1 is 0.900 bits per heavy atom. The van der Waals surface area contributed by atoms with Crippen LogP contribution >= 0.6 is 0 Å². The molecule has 1 N–H and O–H groups in total. The van der Waals surface area contributed by atoms with Crippen molar-refractivity contribution in [1.29, 1.82) is 0 Å². The van der Waals surface area contributed by atoms with E-state index in [1.807, 2.05) is 78.9 Å². The van der Waals surface area contributed by atoms with Crippen LogP contribution in [0.5, 0.6) is 0 Å². The maximum absolute atomic E-state index is 12.4. The third kappa shape index (κ3) is 4.63. The Morgan fingerprint density at radius 2 is 1.60 bits per heavy atom. The number of esters is 1. The zero-order valence-corrected chi connectivity index (χ0v) is 16.7. The van der Waals surface area contributed by atoms with Gasteiger partial charge in [0.2, 0.25) is 0 Å². The zero-order chi connectivity index (χ0) is 20.9. The number of carbonyl (C=O) groups is 2. The van der Waals surface area contributed by atoms with E-state index in [0.29, 0.717) is 12.1 Å². The molecule has 4 aromatic rings. The molecule has 0 fully saturated rings. The van der Waals surface area contributed by atoms with Crippen molar-refractivity contribution in [2.45, 2.75) is 25.9 Å². The summed E-state index contributed by atoms with van der Waals surface area (Å²) in [7, 11) is 0. The molecule has 0 saturated heterocycles. The molecule has 0 bridgehead atoms. The molecule has 5 nitrogen and oxygen atoms in total. The standard InChI is InChI=1S/C25H22N2O3/c1-17(25(29)27-22-13-10-18-6-2-3-8-20(18)16-22)30-24(28)15-14-21-12-11-19-7-4-5-9-23(19)26-21/h2-13,16-17H,14-15H2,1H3,(H,27,29). The molecule has 30 heavy (non-hydrogen) atoms. The molecular formula is C25H22N2O3. The number of aromatic nitrogens is 1. The Bertz CT molecular complexity index is 1220. The van der Waals surface area contributed by atoms with Crippen molar-refractivity contribution < 1.29 is 14.3 Å². The van der Waals surface area contributed by atoms with Crippen LogP contribution < -0.4 is 5.32 Å². The highest BCUT2D eigenvalue weighted by Gasteiger charge is 2.18. The number of rotatable bonds is 6. The second-order valence-corrected chi connectivity index (χ2v) is 7.18. The summed E-state index contributed by atoms with van der Waals surface area (Å²) in [6, 6.07) is 25.3. The van der Waals surface area contributed by atoms with E-state index in [-0.39, 0.29) is 12.3 Å². The summed E-state index contributed by atoms with van der Waals surface area (Å²) in [6.07, 6.45) is -0.254. The van der Waals surface area contributed by atoms with Crippen molar-refractivity contribution in [1.82, 2.24) is 4.98 Å². The Hall–Kier alpha value is -3.73. The summed E-state index contributed by atoms with van der Waals surface area (Å²) >= 11 is 0. The Morgan fingerprint density at radius 3 is 2.43 bits per heavy atom. The molecule has 1 unspecified atom stereocenters. The van der Waals surface area contributed by atoms with Crippen LogP contribution in [-0.2, 0) is 20.7 Å². The molecule has 1 amide bonds. The van der Waals surface area contributed by atoms with Crippen molar-refractivity contribution in [3.63, 3.8) is 0 Å². The fraction of sp³-hybridized carbons (Fsp3) is 0.160. The van der Waals surface area contributed by atoms with Crippen molar-refractivity contribution in [3.8, 4) is 0 Å². The maximum atomic E-state index is 12.4.